The lowest BCUT2D eigenvalue weighted by Gasteiger charge is -2.23. The Morgan fingerprint density at radius 3 is 2.00 bits per heavy atom. The molecule has 4 aromatic carbocycles. The predicted molar refractivity (Wildman–Crippen MR) is 165 cm³/mol. The number of aryl methyl sites for hydroxylation is 2. The quantitative estimate of drug-likeness (QED) is 0.215. The minimum absolute atomic E-state index is 0.0410. The van der Waals surface area contributed by atoms with Crippen LogP contribution >= 0.6 is 23.2 Å². The highest BCUT2D eigenvalue weighted by Gasteiger charge is 2.21. The molecule has 12 heteroatoms. The van der Waals surface area contributed by atoms with Gasteiger partial charge >= 0.3 is 0 Å². The number of sulfonamides is 2. The van der Waals surface area contributed by atoms with Gasteiger partial charge in [-0.05, 0) is 86.1 Å². The topological polar surface area (TPSA) is 113 Å². The van der Waals surface area contributed by atoms with Crippen molar-refractivity contribution in [1.82, 2.24) is 0 Å². The van der Waals surface area contributed by atoms with E-state index in [0.29, 0.717) is 32.7 Å². The van der Waals surface area contributed by atoms with Crippen LogP contribution in [0.25, 0.3) is 0 Å². The standard InChI is InChI=1S/C29H27Cl2N3O5S2/c1-19-7-16-28(20(2)17-19)33-41(38,39)24-14-10-22(11-15-24)32-29(35)21-8-12-23(13-9-21)34(40(3,36)37)18-25-26(30)5-4-6-27(25)31/h4-17,33H,18H2,1-3H3,(H,32,35). The number of nitrogens with one attached hydrogen (secondary N) is 2. The van der Waals surface area contributed by atoms with Gasteiger partial charge in [0.1, 0.15) is 0 Å². The highest BCUT2D eigenvalue weighted by molar-refractivity contribution is 7.92. The smallest absolute Gasteiger partial charge is 0.261 e. The van der Waals surface area contributed by atoms with Gasteiger partial charge in [0.2, 0.25) is 10.0 Å². The van der Waals surface area contributed by atoms with Crippen molar-refractivity contribution < 1.29 is 21.6 Å². The van der Waals surface area contributed by atoms with Crippen molar-refractivity contribution in [3.8, 4) is 0 Å². The average molecular weight is 633 g/mol. The van der Waals surface area contributed by atoms with Crippen LogP contribution in [0.5, 0.6) is 0 Å². The van der Waals surface area contributed by atoms with E-state index in [0.717, 1.165) is 21.7 Å². The van der Waals surface area contributed by atoms with Gasteiger partial charge in [-0.3, -0.25) is 13.8 Å². The van der Waals surface area contributed by atoms with Gasteiger partial charge in [0.25, 0.3) is 15.9 Å². The maximum Gasteiger partial charge on any atom is 0.261 e. The maximum absolute atomic E-state index is 12.9. The summed E-state index contributed by atoms with van der Waals surface area (Å²) in [5, 5.41) is 3.39. The van der Waals surface area contributed by atoms with Crippen LogP contribution in [0.3, 0.4) is 0 Å². The number of rotatable bonds is 9. The second-order valence-electron chi connectivity index (χ2n) is 9.42. The highest BCUT2D eigenvalue weighted by Crippen LogP contribution is 2.29. The van der Waals surface area contributed by atoms with Crippen molar-refractivity contribution in [2.45, 2.75) is 25.3 Å². The lowest BCUT2D eigenvalue weighted by molar-refractivity contribution is 0.102. The Kier molecular flexibility index (Phi) is 8.98. The third-order valence-corrected chi connectivity index (χ3v) is 9.46. The Morgan fingerprint density at radius 2 is 1.44 bits per heavy atom. The number of halogens is 2. The lowest BCUT2D eigenvalue weighted by Crippen LogP contribution is -2.29. The molecule has 2 N–H and O–H groups in total. The molecular formula is C29H27Cl2N3O5S2. The number of anilines is 3. The van der Waals surface area contributed by atoms with Gasteiger partial charge in [-0.2, -0.15) is 0 Å². The summed E-state index contributed by atoms with van der Waals surface area (Å²) in [6.07, 6.45) is 1.07. The Labute approximate surface area is 250 Å². The van der Waals surface area contributed by atoms with Crippen LogP contribution in [0.2, 0.25) is 10.0 Å². The fourth-order valence-corrected chi connectivity index (χ4v) is 6.57. The molecule has 0 aliphatic rings. The van der Waals surface area contributed by atoms with E-state index >= 15 is 0 Å². The van der Waals surface area contributed by atoms with Crippen LogP contribution in [0, 0.1) is 13.8 Å². The molecule has 0 unspecified atom stereocenters. The summed E-state index contributed by atoms with van der Waals surface area (Å²) >= 11 is 12.5. The third-order valence-electron chi connectivity index (χ3n) is 6.23. The van der Waals surface area contributed by atoms with E-state index in [1.807, 2.05) is 26.0 Å². The Bertz CT molecular complexity index is 1790. The van der Waals surface area contributed by atoms with Crippen LogP contribution in [0.15, 0.2) is 89.8 Å². The van der Waals surface area contributed by atoms with Gasteiger partial charge in [0.15, 0.2) is 0 Å². The molecule has 4 rings (SSSR count). The second-order valence-corrected chi connectivity index (χ2v) is 13.8. The largest absolute Gasteiger partial charge is 0.322 e. The molecule has 8 nitrogen and oxygen atoms in total. The fraction of sp³-hybridized carbons (Fsp3) is 0.138. The first-order valence-electron chi connectivity index (χ1n) is 12.3. The molecule has 4 aromatic rings. The maximum atomic E-state index is 12.9. The van der Waals surface area contributed by atoms with Gasteiger partial charge in [-0.15, -0.1) is 0 Å². The first-order valence-corrected chi connectivity index (χ1v) is 16.4. The van der Waals surface area contributed by atoms with Crippen molar-refractivity contribution in [1.29, 1.82) is 0 Å². The molecule has 0 aliphatic carbocycles. The normalized spacial score (nSPS) is 11.6. The van der Waals surface area contributed by atoms with Gasteiger partial charge < -0.3 is 5.32 Å². The van der Waals surface area contributed by atoms with E-state index in [1.54, 1.807) is 24.3 Å². The van der Waals surface area contributed by atoms with Gasteiger partial charge in [0, 0.05) is 26.9 Å². The number of hydrogen-bond acceptors (Lipinski definition) is 5. The first kappa shape index (κ1) is 30.4. The molecule has 0 spiro atoms. The molecule has 0 saturated heterocycles. The van der Waals surface area contributed by atoms with Crippen molar-refractivity contribution in [2.75, 3.05) is 20.6 Å². The Hall–Kier alpha value is -3.57. The number of benzene rings is 4. The number of amides is 1. The second kappa shape index (κ2) is 12.1. The summed E-state index contributed by atoms with van der Waals surface area (Å²) in [5.41, 5.74) is 3.75. The number of nitrogens with zero attached hydrogens (tertiary/aromatic N) is 1. The van der Waals surface area contributed by atoms with E-state index in [2.05, 4.69) is 10.0 Å². The lowest BCUT2D eigenvalue weighted by atomic mass is 10.1. The van der Waals surface area contributed by atoms with Crippen LogP contribution in [-0.2, 0) is 26.6 Å². The molecule has 0 saturated carbocycles. The van der Waals surface area contributed by atoms with Gasteiger partial charge in [-0.1, -0.05) is 47.0 Å². The molecule has 0 aliphatic heterocycles. The monoisotopic (exact) mass is 631 g/mol. The number of hydrogen-bond donors (Lipinski definition) is 2. The molecule has 214 valence electrons. The van der Waals surface area contributed by atoms with Crippen molar-refractivity contribution in [2.24, 2.45) is 0 Å². The van der Waals surface area contributed by atoms with Crippen LogP contribution < -0.4 is 14.3 Å². The van der Waals surface area contributed by atoms with Crippen LogP contribution in [0.4, 0.5) is 17.1 Å². The van der Waals surface area contributed by atoms with E-state index in [1.165, 1.54) is 48.5 Å². The minimum Gasteiger partial charge on any atom is -0.322 e. The van der Waals surface area contributed by atoms with Crippen molar-refractivity contribution in [3.05, 3.63) is 117 Å². The van der Waals surface area contributed by atoms with Crippen LogP contribution in [-0.4, -0.2) is 29.0 Å². The van der Waals surface area contributed by atoms with Crippen molar-refractivity contribution >= 4 is 66.2 Å². The summed E-state index contributed by atoms with van der Waals surface area (Å²) in [6, 6.07) is 22.1. The third kappa shape index (κ3) is 7.39. The molecule has 0 atom stereocenters. The Morgan fingerprint density at radius 1 is 0.829 bits per heavy atom. The van der Waals surface area contributed by atoms with Crippen LogP contribution in [0.1, 0.15) is 27.0 Å². The summed E-state index contributed by atoms with van der Waals surface area (Å²) in [5.74, 6) is -0.458. The highest BCUT2D eigenvalue weighted by atomic mass is 35.5. The molecule has 0 fully saturated rings. The Balaban J connectivity index is 1.47. The molecular weight excluding hydrogens is 605 g/mol. The summed E-state index contributed by atoms with van der Waals surface area (Å²) in [4.78, 5) is 12.9. The van der Waals surface area contributed by atoms with E-state index in [4.69, 9.17) is 23.2 Å². The first-order chi connectivity index (χ1) is 19.2. The molecule has 0 bridgehead atoms. The van der Waals surface area contributed by atoms with E-state index in [9.17, 15) is 21.6 Å². The summed E-state index contributed by atoms with van der Waals surface area (Å²) in [7, 11) is -7.54. The zero-order chi connectivity index (χ0) is 29.9. The number of carbonyl (C=O) groups excluding carboxylic acids is 1. The number of carbonyl (C=O) groups is 1. The van der Waals surface area contributed by atoms with Gasteiger partial charge in [0.05, 0.1) is 29.1 Å². The molecule has 1 amide bonds. The molecule has 0 heterocycles. The van der Waals surface area contributed by atoms with E-state index < -0.39 is 26.0 Å². The van der Waals surface area contributed by atoms with Crippen molar-refractivity contribution in [3.63, 3.8) is 0 Å². The molecule has 0 aromatic heterocycles. The fourth-order valence-electron chi connectivity index (χ4n) is 4.06. The van der Waals surface area contributed by atoms with Gasteiger partial charge in [-0.25, -0.2) is 16.8 Å². The molecule has 41 heavy (non-hydrogen) atoms. The minimum atomic E-state index is -3.83. The zero-order valence-corrected chi connectivity index (χ0v) is 25.5. The summed E-state index contributed by atoms with van der Waals surface area (Å²) in [6.45, 7) is 3.66. The predicted octanol–water partition coefficient (Wildman–Crippen LogP) is 6.63. The summed E-state index contributed by atoms with van der Waals surface area (Å²) < 4.78 is 54.5. The average Bonchev–Trinajstić information content (AvgIpc) is 2.90. The van der Waals surface area contributed by atoms with E-state index in [-0.39, 0.29) is 17.0 Å². The zero-order valence-electron chi connectivity index (χ0n) is 22.4. The SMILES string of the molecule is Cc1ccc(NS(=O)(=O)c2ccc(NC(=O)c3ccc(N(Cc4c(Cl)cccc4Cl)S(C)(=O)=O)cc3)cc2)c(C)c1. The molecule has 0 radical (unpaired) electrons.